The number of carbonyl (C=O) groups is 2. The Morgan fingerprint density at radius 3 is 2.83 bits per heavy atom. The molecule has 0 fully saturated rings. The number of amides is 1. The zero-order valence-corrected chi connectivity index (χ0v) is 9.59. The van der Waals surface area contributed by atoms with Gasteiger partial charge in [-0.3, -0.25) is 0 Å². The van der Waals surface area contributed by atoms with Crippen LogP contribution < -0.4 is 5.73 Å². The molecule has 6 heteroatoms. The normalized spacial score (nSPS) is 9.50. The molecule has 0 unspecified atom stereocenters. The molecule has 0 saturated carbocycles. The second-order valence-electron chi connectivity index (χ2n) is 3.37. The molecule has 0 spiro atoms. The van der Waals surface area contributed by atoms with E-state index in [4.69, 9.17) is 15.7 Å². The first-order chi connectivity index (χ1) is 8.63. The van der Waals surface area contributed by atoms with Crippen molar-refractivity contribution in [3.63, 3.8) is 0 Å². The molecule has 0 bridgehead atoms. The summed E-state index contributed by atoms with van der Waals surface area (Å²) in [7, 11) is 0. The molecule has 0 radical (unpaired) electrons. The third-order valence-corrected chi connectivity index (χ3v) is 1.98. The SMILES string of the molecule is N#CCCOCc1cccc(C(=O)OC(N)=O)c1. The van der Waals surface area contributed by atoms with Crippen LogP contribution in [-0.4, -0.2) is 18.7 Å². The van der Waals surface area contributed by atoms with Crippen molar-refractivity contribution in [3.8, 4) is 6.07 Å². The van der Waals surface area contributed by atoms with Crippen LogP contribution >= 0.6 is 0 Å². The minimum Gasteiger partial charge on any atom is -0.376 e. The van der Waals surface area contributed by atoms with Crippen LogP contribution in [0.25, 0.3) is 0 Å². The molecular formula is C12H12N2O4. The largest absolute Gasteiger partial charge is 0.412 e. The standard InChI is InChI=1S/C12H12N2O4/c13-5-2-6-17-8-9-3-1-4-10(7-9)11(15)18-12(14)16/h1,3-4,7H,2,6,8H2,(H2,14,16). The van der Waals surface area contributed by atoms with Gasteiger partial charge in [0.15, 0.2) is 0 Å². The predicted octanol–water partition coefficient (Wildman–Crippen LogP) is 1.35. The first-order valence-electron chi connectivity index (χ1n) is 5.18. The Kier molecular flexibility index (Phi) is 5.35. The van der Waals surface area contributed by atoms with E-state index in [0.29, 0.717) is 13.0 Å². The molecule has 1 rings (SSSR count). The highest BCUT2D eigenvalue weighted by Crippen LogP contribution is 2.08. The smallest absolute Gasteiger partial charge is 0.376 e. The van der Waals surface area contributed by atoms with E-state index < -0.39 is 12.1 Å². The zero-order chi connectivity index (χ0) is 13.4. The van der Waals surface area contributed by atoms with E-state index in [-0.39, 0.29) is 12.2 Å². The fourth-order valence-corrected chi connectivity index (χ4v) is 1.25. The van der Waals surface area contributed by atoms with Crippen molar-refractivity contribution >= 4 is 12.1 Å². The number of rotatable bonds is 5. The lowest BCUT2D eigenvalue weighted by Gasteiger charge is -2.04. The fourth-order valence-electron chi connectivity index (χ4n) is 1.25. The average Bonchev–Trinajstić information content (AvgIpc) is 2.34. The number of nitrogens with two attached hydrogens (primary N) is 1. The highest BCUT2D eigenvalue weighted by atomic mass is 16.6. The molecular weight excluding hydrogens is 236 g/mol. The summed E-state index contributed by atoms with van der Waals surface area (Å²) in [6, 6.07) is 8.39. The van der Waals surface area contributed by atoms with E-state index >= 15 is 0 Å². The third kappa shape index (κ3) is 4.63. The minimum atomic E-state index is -1.14. The summed E-state index contributed by atoms with van der Waals surface area (Å²) in [4.78, 5) is 21.8. The molecule has 0 heterocycles. The lowest BCUT2D eigenvalue weighted by atomic mass is 10.1. The van der Waals surface area contributed by atoms with Crippen LogP contribution in [0.5, 0.6) is 0 Å². The number of hydrogen-bond acceptors (Lipinski definition) is 5. The van der Waals surface area contributed by atoms with Crippen molar-refractivity contribution in [2.24, 2.45) is 5.73 Å². The lowest BCUT2D eigenvalue weighted by Crippen LogP contribution is -2.18. The van der Waals surface area contributed by atoms with Gasteiger partial charge in [-0.05, 0) is 17.7 Å². The van der Waals surface area contributed by atoms with Gasteiger partial charge in [0.25, 0.3) is 0 Å². The van der Waals surface area contributed by atoms with Gasteiger partial charge in [-0.15, -0.1) is 0 Å². The van der Waals surface area contributed by atoms with Crippen LogP contribution in [0.4, 0.5) is 4.79 Å². The van der Waals surface area contributed by atoms with E-state index in [0.717, 1.165) is 5.56 Å². The molecule has 0 aliphatic rings. The Bertz CT molecular complexity index is 479. The quantitative estimate of drug-likeness (QED) is 0.481. The number of nitrogens with zero attached hydrogens (tertiary/aromatic N) is 1. The zero-order valence-electron chi connectivity index (χ0n) is 9.59. The molecule has 1 aromatic carbocycles. The molecule has 0 aliphatic carbocycles. The van der Waals surface area contributed by atoms with Gasteiger partial charge in [0.2, 0.25) is 0 Å². The van der Waals surface area contributed by atoms with Crippen LogP contribution in [0.15, 0.2) is 24.3 Å². The van der Waals surface area contributed by atoms with Crippen molar-refractivity contribution in [1.29, 1.82) is 5.26 Å². The van der Waals surface area contributed by atoms with E-state index in [1.165, 1.54) is 12.1 Å². The molecule has 1 aromatic rings. The topological polar surface area (TPSA) is 102 Å². The summed E-state index contributed by atoms with van der Waals surface area (Å²) in [6.07, 6.45) is -0.834. The summed E-state index contributed by atoms with van der Waals surface area (Å²) in [6.45, 7) is 0.603. The van der Waals surface area contributed by atoms with Crippen molar-refractivity contribution in [3.05, 3.63) is 35.4 Å². The second kappa shape index (κ2) is 7.04. The predicted molar refractivity (Wildman–Crippen MR) is 61.3 cm³/mol. The van der Waals surface area contributed by atoms with Gasteiger partial charge in [-0.1, -0.05) is 12.1 Å². The summed E-state index contributed by atoms with van der Waals surface area (Å²) in [5.41, 5.74) is 5.71. The lowest BCUT2D eigenvalue weighted by molar-refractivity contribution is 0.0638. The van der Waals surface area contributed by atoms with Gasteiger partial charge in [0.05, 0.1) is 31.3 Å². The van der Waals surface area contributed by atoms with Crippen LogP contribution in [0.2, 0.25) is 0 Å². The first-order valence-corrected chi connectivity index (χ1v) is 5.18. The Balaban J connectivity index is 2.59. The number of carbonyl (C=O) groups excluding carboxylic acids is 2. The summed E-state index contributed by atoms with van der Waals surface area (Å²) in [5, 5.41) is 8.33. The molecule has 0 atom stereocenters. The Labute approximate surface area is 104 Å². The average molecular weight is 248 g/mol. The van der Waals surface area contributed by atoms with Crippen molar-refractivity contribution in [2.45, 2.75) is 13.0 Å². The molecule has 0 aliphatic heterocycles. The molecule has 18 heavy (non-hydrogen) atoms. The van der Waals surface area contributed by atoms with Crippen LogP contribution in [0.1, 0.15) is 22.3 Å². The van der Waals surface area contributed by atoms with Crippen molar-refractivity contribution in [2.75, 3.05) is 6.61 Å². The van der Waals surface area contributed by atoms with Crippen molar-refractivity contribution in [1.82, 2.24) is 0 Å². The van der Waals surface area contributed by atoms with Gasteiger partial charge in [0, 0.05) is 0 Å². The summed E-state index contributed by atoms with van der Waals surface area (Å²) in [5.74, 6) is -0.804. The fraction of sp³-hybridized carbons (Fsp3) is 0.250. The number of ether oxygens (including phenoxy) is 2. The van der Waals surface area contributed by atoms with E-state index in [1.54, 1.807) is 12.1 Å². The minimum absolute atomic E-state index is 0.218. The number of benzene rings is 1. The Morgan fingerprint density at radius 1 is 1.39 bits per heavy atom. The number of nitriles is 1. The van der Waals surface area contributed by atoms with Gasteiger partial charge >= 0.3 is 12.1 Å². The molecule has 2 N–H and O–H groups in total. The first kappa shape index (κ1) is 13.7. The maximum atomic E-state index is 11.4. The molecule has 6 nitrogen and oxygen atoms in total. The van der Waals surface area contributed by atoms with Crippen LogP contribution in [0.3, 0.4) is 0 Å². The number of hydrogen-bond donors (Lipinski definition) is 1. The molecule has 1 amide bonds. The monoisotopic (exact) mass is 248 g/mol. The van der Waals surface area contributed by atoms with Gasteiger partial charge in [-0.2, -0.15) is 5.26 Å². The van der Waals surface area contributed by atoms with Crippen LogP contribution in [-0.2, 0) is 16.1 Å². The van der Waals surface area contributed by atoms with Crippen molar-refractivity contribution < 1.29 is 19.1 Å². The van der Waals surface area contributed by atoms with E-state index in [9.17, 15) is 9.59 Å². The molecule has 94 valence electrons. The Morgan fingerprint density at radius 2 is 2.17 bits per heavy atom. The molecule has 0 aromatic heterocycles. The summed E-state index contributed by atoms with van der Waals surface area (Å²) >= 11 is 0. The number of esters is 1. The maximum Gasteiger partial charge on any atom is 0.412 e. The van der Waals surface area contributed by atoms with Gasteiger partial charge < -0.3 is 15.2 Å². The van der Waals surface area contributed by atoms with E-state index in [1.807, 2.05) is 6.07 Å². The molecule has 0 saturated heterocycles. The van der Waals surface area contributed by atoms with E-state index in [2.05, 4.69) is 4.74 Å². The summed E-state index contributed by atoms with van der Waals surface area (Å²) < 4.78 is 9.46. The maximum absolute atomic E-state index is 11.4. The Hall–Kier alpha value is -2.39. The second-order valence-corrected chi connectivity index (χ2v) is 3.37. The van der Waals surface area contributed by atoms with Gasteiger partial charge in [0.1, 0.15) is 0 Å². The number of primary amides is 1. The van der Waals surface area contributed by atoms with Crippen LogP contribution in [0, 0.1) is 11.3 Å². The third-order valence-electron chi connectivity index (χ3n) is 1.98. The highest BCUT2D eigenvalue weighted by molar-refractivity contribution is 5.96. The van der Waals surface area contributed by atoms with Gasteiger partial charge in [-0.25, -0.2) is 9.59 Å². The highest BCUT2D eigenvalue weighted by Gasteiger charge is 2.10.